The van der Waals surface area contributed by atoms with Crippen LogP contribution in [0.15, 0.2) is 61.2 Å². The summed E-state index contributed by atoms with van der Waals surface area (Å²) in [6.07, 6.45) is 7.76. The fraction of sp³-hybridized carbons (Fsp3) is 0.250. The third-order valence-electron chi connectivity index (χ3n) is 4.13. The van der Waals surface area contributed by atoms with Crippen molar-refractivity contribution in [2.45, 2.75) is 30.4 Å². The Hall–Kier alpha value is -1.93. The zero-order valence-electron chi connectivity index (χ0n) is 15.8. The SMILES string of the molecule is Clc1ccc(CCC(Cn2ccnc2)SCc2ccc(Cl)cc2Cl)cc1.O=[N+]([O-])O. The van der Waals surface area contributed by atoms with E-state index in [-0.39, 0.29) is 0 Å². The largest absolute Gasteiger partial charge is 0.336 e. The summed E-state index contributed by atoms with van der Waals surface area (Å²) in [5, 5.41) is 16.3. The minimum absolute atomic E-state index is 0.451. The van der Waals surface area contributed by atoms with Crippen molar-refractivity contribution in [1.82, 2.24) is 9.55 Å². The van der Waals surface area contributed by atoms with Gasteiger partial charge in [0.2, 0.25) is 0 Å². The van der Waals surface area contributed by atoms with Crippen LogP contribution in [0.3, 0.4) is 0 Å². The number of benzene rings is 2. The topological polar surface area (TPSA) is 81.2 Å². The molecule has 1 N–H and O–H groups in total. The van der Waals surface area contributed by atoms with Gasteiger partial charge in [0.05, 0.1) is 6.33 Å². The second kappa shape index (κ2) is 12.7. The summed E-state index contributed by atoms with van der Waals surface area (Å²) in [6.45, 7) is 0.920. The third kappa shape index (κ3) is 9.26. The molecule has 3 rings (SSSR count). The van der Waals surface area contributed by atoms with E-state index in [4.69, 9.17) is 50.1 Å². The number of nitrogens with zero attached hydrogens (tertiary/aromatic N) is 3. The van der Waals surface area contributed by atoms with Crippen molar-refractivity contribution in [3.8, 4) is 0 Å². The highest BCUT2D eigenvalue weighted by atomic mass is 35.5. The van der Waals surface area contributed by atoms with Gasteiger partial charge >= 0.3 is 0 Å². The number of thioether (sulfide) groups is 1. The van der Waals surface area contributed by atoms with Crippen LogP contribution in [0.1, 0.15) is 17.5 Å². The molecule has 0 amide bonds. The Morgan fingerprint density at radius 3 is 2.40 bits per heavy atom. The molecule has 10 heteroatoms. The van der Waals surface area contributed by atoms with Gasteiger partial charge in [-0.25, -0.2) is 4.98 Å². The predicted octanol–water partition coefficient (Wildman–Crippen LogP) is 6.43. The van der Waals surface area contributed by atoms with Gasteiger partial charge in [0.1, 0.15) is 0 Å². The number of aromatic nitrogens is 2. The lowest BCUT2D eigenvalue weighted by atomic mass is 10.1. The lowest BCUT2D eigenvalue weighted by molar-refractivity contribution is -0.742. The van der Waals surface area contributed by atoms with E-state index in [0.29, 0.717) is 10.3 Å². The Bertz CT molecular complexity index is 921. The molecule has 0 fully saturated rings. The first kappa shape index (κ1) is 24.3. The molecule has 0 saturated heterocycles. The zero-order valence-corrected chi connectivity index (χ0v) is 18.9. The molecule has 0 aliphatic carbocycles. The van der Waals surface area contributed by atoms with Gasteiger partial charge in [0, 0.05) is 45.0 Å². The number of halogens is 3. The third-order valence-corrected chi connectivity index (χ3v) is 6.30. The van der Waals surface area contributed by atoms with Crippen LogP contribution in [0.2, 0.25) is 15.1 Å². The normalized spacial score (nSPS) is 11.4. The first-order valence-corrected chi connectivity index (χ1v) is 11.1. The summed E-state index contributed by atoms with van der Waals surface area (Å²) in [4.78, 5) is 12.5. The van der Waals surface area contributed by atoms with Crippen molar-refractivity contribution in [2.24, 2.45) is 0 Å². The van der Waals surface area contributed by atoms with Crippen LogP contribution in [-0.4, -0.2) is 25.1 Å². The van der Waals surface area contributed by atoms with E-state index in [9.17, 15) is 0 Å². The summed E-state index contributed by atoms with van der Waals surface area (Å²) < 4.78 is 2.13. The second-order valence-corrected chi connectivity index (χ2v) is 8.90. The van der Waals surface area contributed by atoms with Crippen molar-refractivity contribution < 1.29 is 10.3 Å². The molecule has 30 heavy (non-hydrogen) atoms. The Labute approximate surface area is 193 Å². The molecule has 1 atom stereocenters. The maximum atomic E-state index is 8.36. The van der Waals surface area contributed by atoms with Gasteiger partial charge in [-0.2, -0.15) is 11.8 Å². The highest BCUT2D eigenvalue weighted by Gasteiger charge is 2.12. The first-order chi connectivity index (χ1) is 14.3. The van der Waals surface area contributed by atoms with Gasteiger partial charge in [-0.15, -0.1) is 10.1 Å². The van der Waals surface area contributed by atoms with E-state index in [1.807, 2.05) is 54.7 Å². The average molecular weight is 489 g/mol. The number of hydrogen-bond acceptors (Lipinski definition) is 4. The highest BCUT2D eigenvalue weighted by Crippen LogP contribution is 2.29. The maximum absolute atomic E-state index is 8.36. The second-order valence-electron chi connectivity index (χ2n) is 6.33. The average Bonchev–Trinajstić information content (AvgIpc) is 3.19. The molecule has 0 spiro atoms. The number of hydrogen-bond donors (Lipinski definition) is 1. The molecular formula is C20H20Cl3N3O3S. The van der Waals surface area contributed by atoms with Crippen LogP contribution in [0.25, 0.3) is 0 Å². The summed E-state index contributed by atoms with van der Waals surface area (Å²) in [6, 6.07) is 13.8. The van der Waals surface area contributed by atoms with Crippen molar-refractivity contribution in [3.05, 3.63) is 97.5 Å². The minimum atomic E-state index is -1.50. The number of imidazole rings is 1. The lowest BCUT2D eigenvalue weighted by Gasteiger charge is -2.18. The van der Waals surface area contributed by atoms with Crippen LogP contribution in [-0.2, 0) is 18.7 Å². The van der Waals surface area contributed by atoms with Crippen LogP contribution in [0, 0.1) is 10.1 Å². The highest BCUT2D eigenvalue weighted by molar-refractivity contribution is 7.99. The maximum Gasteiger partial charge on any atom is 0.291 e. The zero-order chi connectivity index (χ0) is 21.9. The smallest absolute Gasteiger partial charge is 0.291 e. The van der Waals surface area contributed by atoms with Gasteiger partial charge in [-0.3, -0.25) is 0 Å². The van der Waals surface area contributed by atoms with E-state index >= 15 is 0 Å². The molecule has 6 nitrogen and oxygen atoms in total. The summed E-state index contributed by atoms with van der Waals surface area (Å²) in [5.41, 5.74) is 2.42. The van der Waals surface area contributed by atoms with Crippen molar-refractivity contribution in [2.75, 3.05) is 0 Å². The Morgan fingerprint density at radius 2 is 1.80 bits per heavy atom. The lowest BCUT2D eigenvalue weighted by Crippen LogP contribution is -2.13. The van der Waals surface area contributed by atoms with E-state index in [2.05, 4.69) is 21.7 Å². The van der Waals surface area contributed by atoms with E-state index in [1.165, 1.54) is 5.56 Å². The molecule has 1 aromatic heterocycles. The van der Waals surface area contributed by atoms with E-state index < -0.39 is 5.09 Å². The van der Waals surface area contributed by atoms with Crippen molar-refractivity contribution in [3.63, 3.8) is 0 Å². The molecular weight excluding hydrogens is 469 g/mol. The number of aryl methyl sites for hydroxylation is 1. The molecule has 0 bridgehead atoms. The molecule has 1 heterocycles. The molecule has 160 valence electrons. The standard InChI is InChI=1S/C20H19Cl3N2S.HNO3/c21-17-5-1-15(2-6-17)3-8-19(12-25-10-9-24-14-25)26-13-16-4-7-18(22)11-20(16)23;2-1(3)4/h1-2,4-7,9-11,14,19H,3,8,12-13H2;(H,2,3,4). The van der Waals surface area contributed by atoms with E-state index in [0.717, 1.165) is 40.7 Å². The Kier molecular flexibility index (Phi) is 10.3. The van der Waals surface area contributed by atoms with Gasteiger partial charge in [-0.05, 0) is 48.2 Å². The minimum Gasteiger partial charge on any atom is -0.336 e. The molecule has 3 aromatic rings. The van der Waals surface area contributed by atoms with Crippen LogP contribution < -0.4 is 0 Å². The van der Waals surface area contributed by atoms with Gasteiger partial charge in [0.25, 0.3) is 5.09 Å². The van der Waals surface area contributed by atoms with Gasteiger partial charge in [-0.1, -0.05) is 53.0 Å². The summed E-state index contributed by atoms with van der Waals surface area (Å²) >= 11 is 20.2. The fourth-order valence-corrected chi connectivity index (χ4v) is 4.59. The van der Waals surface area contributed by atoms with Crippen molar-refractivity contribution >= 4 is 46.6 Å². The molecule has 0 saturated carbocycles. The molecule has 2 aromatic carbocycles. The van der Waals surface area contributed by atoms with Gasteiger partial charge in [0.15, 0.2) is 0 Å². The monoisotopic (exact) mass is 487 g/mol. The van der Waals surface area contributed by atoms with Gasteiger partial charge < -0.3 is 9.77 Å². The Morgan fingerprint density at radius 1 is 1.13 bits per heavy atom. The van der Waals surface area contributed by atoms with E-state index in [1.54, 1.807) is 6.07 Å². The van der Waals surface area contributed by atoms with Crippen LogP contribution in [0.5, 0.6) is 0 Å². The number of rotatable bonds is 8. The predicted molar refractivity (Wildman–Crippen MR) is 122 cm³/mol. The molecule has 0 aliphatic rings. The summed E-state index contributed by atoms with van der Waals surface area (Å²) in [5.74, 6) is 0.857. The van der Waals surface area contributed by atoms with Crippen LogP contribution in [0.4, 0.5) is 0 Å². The quantitative estimate of drug-likeness (QED) is 0.292. The summed E-state index contributed by atoms with van der Waals surface area (Å²) in [7, 11) is 0. The first-order valence-electron chi connectivity index (χ1n) is 8.92. The Balaban J connectivity index is 0.000000735. The van der Waals surface area contributed by atoms with Crippen LogP contribution >= 0.6 is 46.6 Å². The molecule has 1 unspecified atom stereocenters. The van der Waals surface area contributed by atoms with Crippen molar-refractivity contribution in [1.29, 1.82) is 0 Å². The fourth-order valence-electron chi connectivity index (χ4n) is 2.68. The molecule has 0 aliphatic heterocycles. The molecule has 0 radical (unpaired) electrons.